The topological polar surface area (TPSA) is 138 Å². The third-order valence-electron chi connectivity index (χ3n) is 6.28. The van der Waals surface area contributed by atoms with Crippen molar-refractivity contribution in [2.45, 2.75) is 142 Å². The summed E-state index contributed by atoms with van der Waals surface area (Å²) in [7, 11) is 0. The molecular weight excluding hydrogens is 416 g/mol. The number of azo groups is 1. The van der Waals surface area contributed by atoms with E-state index in [1.54, 1.807) is 0 Å². The summed E-state index contributed by atoms with van der Waals surface area (Å²) in [5.41, 5.74) is -4.36. The Morgan fingerprint density at radius 1 is 0.469 bits per heavy atom. The smallest absolute Gasteiger partial charge is 0.472 e. The quantitative estimate of drug-likeness (QED) is 0.0493. The van der Waals surface area contributed by atoms with Crippen molar-refractivity contribution in [3.8, 4) is 0 Å². The lowest BCUT2D eigenvalue weighted by Crippen LogP contribution is -2.57. The maximum atomic E-state index is 13.4. The molecule has 0 spiro atoms. The minimum absolute atomic E-state index is 0.0997. The number of rotatable bonds is 20. The Kier molecular flexibility index (Phi) is 14.8. The van der Waals surface area contributed by atoms with E-state index in [1.165, 1.54) is 0 Å². The van der Waals surface area contributed by atoms with Crippen LogP contribution in [0, 0.1) is 30.6 Å². The number of hydrogen-bond acceptors (Lipinski definition) is 6. The first kappa shape index (κ1) is 30.0. The maximum absolute atomic E-state index is 13.4. The van der Waals surface area contributed by atoms with E-state index < -0.39 is 21.2 Å². The molecule has 0 bridgehead atoms. The summed E-state index contributed by atoms with van der Waals surface area (Å²) < 4.78 is 0. The average molecular weight is 461 g/mol. The molecule has 0 aliphatic heterocycles. The van der Waals surface area contributed by atoms with E-state index in [-0.39, 0.29) is 35.4 Å². The molecule has 188 valence electrons. The fraction of sp³-hybridized carbons (Fsp3) is 1.00. The summed E-state index contributed by atoms with van der Waals surface area (Å²) in [4.78, 5) is 22.7. The Bertz CT molecular complexity index is 527. The predicted molar refractivity (Wildman–Crippen MR) is 123 cm³/mol. The molecular formula is C22H44N4O6. The van der Waals surface area contributed by atoms with Crippen molar-refractivity contribution in [2.75, 3.05) is 0 Å². The zero-order chi connectivity index (χ0) is 24.6. The summed E-state index contributed by atoms with van der Waals surface area (Å²) in [6, 6.07) is 0. The van der Waals surface area contributed by atoms with Gasteiger partial charge in [-0.25, -0.2) is 0 Å². The van der Waals surface area contributed by atoms with Crippen LogP contribution in [0.5, 0.6) is 0 Å². The summed E-state index contributed by atoms with van der Waals surface area (Å²) in [6.07, 6.45) is 7.18. The number of nitrogens with zero attached hydrogens (tertiary/aromatic N) is 4. The molecule has 10 heteroatoms. The van der Waals surface area contributed by atoms with Crippen LogP contribution >= 0.6 is 0 Å². The lowest BCUT2D eigenvalue weighted by atomic mass is 9.94. The zero-order valence-electron chi connectivity index (χ0n) is 20.6. The summed E-state index contributed by atoms with van der Waals surface area (Å²) in [5, 5.41) is 51.2. The second kappa shape index (κ2) is 15.7. The van der Waals surface area contributed by atoms with E-state index in [0.717, 1.165) is 25.7 Å². The molecule has 0 unspecified atom stereocenters. The molecule has 0 aliphatic rings. The van der Waals surface area contributed by atoms with Crippen LogP contribution in [-0.4, -0.2) is 30.9 Å². The fourth-order valence-electron chi connectivity index (χ4n) is 4.11. The van der Waals surface area contributed by atoms with E-state index in [4.69, 9.17) is 0 Å². The average Bonchev–Trinajstić information content (AvgIpc) is 2.76. The molecule has 0 saturated carbocycles. The monoisotopic (exact) mass is 460 g/mol. The Morgan fingerprint density at radius 3 is 0.844 bits per heavy atom. The molecule has 0 heterocycles. The van der Waals surface area contributed by atoms with Gasteiger partial charge in [0, 0.05) is 0 Å². The first-order chi connectivity index (χ1) is 15.2. The molecule has 0 radical (unpaired) electrons. The molecule has 0 aromatic heterocycles. The van der Waals surface area contributed by atoms with Crippen LogP contribution < -0.4 is 0 Å². The van der Waals surface area contributed by atoms with Crippen molar-refractivity contribution in [1.82, 2.24) is 0 Å². The van der Waals surface area contributed by atoms with Gasteiger partial charge in [0.05, 0.1) is 25.7 Å². The Labute approximate surface area is 192 Å². The first-order valence-electron chi connectivity index (χ1n) is 12.4. The number of nitro groups is 2. The molecule has 10 nitrogen and oxygen atoms in total. The molecule has 0 aromatic rings. The van der Waals surface area contributed by atoms with Crippen LogP contribution in [0.1, 0.15) is 130 Å². The van der Waals surface area contributed by atoms with Gasteiger partial charge in [-0.3, -0.25) is 20.2 Å². The largest absolute Gasteiger partial charge is 0.561 e. The highest BCUT2D eigenvalue weighted by molar-refractivity contribution is 4.70. The van der Waals surface area contributed by atoms with Gasteiger partial charge in [0.15, 0.2) is 0 Å². The minimum atomic E-state index is -2.18. The fourth-order valence-corrected chi connectivity index (χ4v) is 4.11. The van der Waals surface area contributed by atoms with Crippen molar-refractivity contribution in [1.29, 1.82) is 0 Å². The van der Waals surface area contributed by atoms with Crippen LogP contribution in [0.4, 0.5) is 0 Å². The highest BCUT2D eigenvalue weighted by Gasteiger charge is 2.63. The van der Waals surface area contributed by atoms with Gasteiger partial charge in [-0.1, -0.05) is 79.1 Å². The molecule has 0 N–H and O–H groups in total. The van der Waals surface area contributed by atoms with Crippen molar-refractivity contribution in [2.24, 2.45) is 0 Å². The summed E-state index contributed by atoms with van der Waals surface area (Å²) in [6.45, 7) is 7.77. The second-order valence-corrected chi connectivity index (χ2v) is 8.85. The lowest BCUT2D eigenvalue weighted by molar-refractivity contribution is -1.11. The number of hydrogen-bond donors (Lipinski definition) is 0. The second-order valence-electron chi connectivity index (χ2n) is 8.85. The van der Waals surface area contributed by atoms with E-state index in [9.17, 15) is 30.6 Å². The molecule has 0 atom stereocenters. The predicted octanol–water partition coefficient (Wildman–Crippen LogP) is 6.73. The third-order valence-corrected chi connectivity index (χ3v) is 6.28. The Morgan fingerprint density at radius 2 is 0.688 bits per heavy atom. The van der Waals surface area contributed by atoms with E-state index in [1.807, 2.05) is 27.7 Å². The molecule has 0 amide bonds. The van der Waals surface area contributed by atoms with Gasteiger partial charge >= 0.3 is 11.3 Å². The summed E-state index contributed by atoms with van der Waals surface area (Å²) in [5.74, 6) is 0. The van der Waals surface area contributed by atoms with Crippen LogP contribution in [0.25, 0.3) is 0 Å². The van der Waals surface area contributed by atoms with Crippen molar-refractivity contribution in [3.63, 3.8) is 0 Å². The van der Waals surface area contributed by atoms with Gasteiger partial charge in [0.25, 0.3) is 0 Å². The summed E-state index contributed by atoms with van der Waals surface area (Å²) >= 11 is 0. The van der Waals surface area contributed by atoms with Gasteiger partial charge in [-0.15, -0.1) is 0 Å². The van der Waals surface area contributed by atoms with E-state index in [0.29, 0.717) is 51.4 Å². The first-order valence-corrected chi connectivity index (χ1v) is 12.4. The normalized spacial score (nSPS) is 13.1. The molecule has 0 fully saturated rings. The molecule has 0 aromatic carbocycles. The van der Waals surface area contributed by atoms with Gasteiger partial charge in [-0.2, -0.15) is 0 Å². The Hall–Kier alpha value is -2.00. The van der Waals surface area contributed by atoms with E-state index >= 15 is 0 Å². The SMILES string of the molecule is CCCCCC(CCCCC)([N+](=O)[O-])/[N+]([O-])=[N+](\[O-])C(CCCCC)(CCCCC)[N+](=O)[O-]. The van der Waals surface area contributed by atoms with Crippen LogP contribution in [0.15, 0.2) is 0 Å². The van der Waals surface area contributed by atoms with Crippen molar-refractivity contribution >= 4 is 0 Å². The lowest BCUT2D eigenvalue weighted by Gasteiger charge is -2.25. The number of hydroxylamine groups is 2. The van der Waals surface area contributed by atoms with Crippen LogP contribution in [-0.2, 0) is 0 Å². The minimum Gasteiger partial charge on any atom is -0.561 e. The molecule has 0 rings (SSSR count). The molecule has 0 aliphatic carbocycles. The third kappa shape index (κ3) is 8.16. The number of unbranched alkanes of at least 4 members (excludes halogenated alkanes) is 8. The van der Waals surface area contributed by atoms with Crippen molar-refractivity contribution < 1.29 is 19.6 Å². The Balaban J connectivity index is 6.50. The molecule has 32 heavy (non-hydrogen) atoms. The van der Waals surface area contributed by atoms with E-state index in [2.05, 4.69) is 0 Å². The van der Waals surface area contributed by atoms with Gasteiger partial charge in [-0.05, 0) is 25.7 Å². The standard InChI is InChI=1S/C22H44N4O6/c1-5-9-13-17-21(25(29)30,18-14-10-6-2)23(27)24(28)22(26(31)32,19-15-11-7-3)20-16-12-8-4/h5-20H2,1-4H3/b24-23+. The highest BCUT2D eigenvalue weighted by Crippen LogP contribution is 2.32. The van der Waals surface area contributed by atoms with Gasteiger partial charge < -0.3 is 10.4 Å². The van der Waals surface area contributed by atoms with Crippen LogP contribution in [0.3, 0.4) is 0 Å². The highest BCUT2D eigenvalue weighted by atomic mass is 16.7. The van der Waals surface area contributed by atoms with Gasteiger partial charge in [0.2, 0.25) is 0 Å². The zero-order valence-corrected chi connectivity index (χ0v) is 20.6. The maximum Gasteiger partial charge on any atom is 0.472 e. The molecule has 0 saturated heterocycles. The van der Waals surface area contributed by atoms with Gasteiger partial charge in [0.1, 0.15) is 19.6 Å². The van der Waals surface area contributed by atoms with Crippen molar-refractivity contribution in [3.05, 3.63) is 30.6 Å². The van der Waals surface area contributed by atoms with Crippen LogP contribution in [0.2, 0.25) is 0 Å².